The Bertz CT molecular complexity index is 1210. The lowest BCUT2D eigenvalue weighted by molar-refractivity contribution is -0.131. The normalized spacial score (nSPS) is 15.0. The number of anilines is 1. The Labute approximate surface area is 198 Å². The lowest BCUT2D eigenvalue weighted by Gasteiger charge is -2.34. The number of thiazole rings is 1. The maximum absolute atomic E-state index is 12.9. The van der Waals surface area contributed by atoms with Gasteiger partial charge in [0.25, 0.3) is 0 Å². The van der Waals surface area contributed by atoms with Crippen LogP contribution in [0.3, 0.4) is 0 Å². The van der Waals surface area contributed by atoms with Crippen molar-refractivity contribution in [2.45, 2.75) is 31.6 Å². The van der Waals surface area contributed by atoms with Crippen molar-refractivity contribution in [3.63, 3.8) is 0 Å². The molecule has 0 aliphatic carbocycles. The summed E-state index contributed by atoms with van der Waals surface area (Å²) in [5, 5.41) is 2.97. The summed E-state index contributed by atoms with van der Waals surface area (Å²) in [6.45, 7) is 7.45. The first-order valence-electron chi connectivity index (χ1n) is 11.2. The fraction of sp³-hybridized carbons (Fsp3) is 0.500. The number of fused-ring (bicyclic) bond motifs is 1. The van der Waals surface area contributed by atoms with Gasteiger partial charge in [-0.25, -0.2) is 18.4 Å². The number of carbonyl (C=O) groups is 1. The second-order valence-electron chi connectivity index (χ2n) is 8.01. The summed E-state index contributed by atoms with van der Waals surface area (Å²) < 4.78 is 29.1. The van der Waals surface area contributed by atoms with E-state index in [4.69, 9.17) is 0 Å². The van der Waals surface area contributed by atoms with Gasteiger partial charge in [-0.3, -0.25) is 4.79 Å². The molecule has 0 radical (unpaired) electrons. The van der Waals surface area contributed by atoms with Crippen molar-refractivity contribution in [1.82, 2.24) is 23.7 Å². The van der Waals surface area contributed by atoms with Gasteiger partial charge in [0.05, 0.1) is 15.9 Å². The maximum atomic E-state index is 12.9. The van der Waals surface area contributed by atoms with E-state index in [9.17, 15) is 13.2 Å². The average Bonchev–Trinajstić information content (AvgIpc) is 3.46. The van der Waals surface area contributed by atoms with E-state index in [0.29, 0.717) is 44.5 Å². The molecule has 1 fully saturated rings. The highest BCUT2D eigenvalue weighted by atomic mass is 32.2. The minimum absolute atomic E-state index is 0.116. The van der Waals surface area contributed by atoms with E-state index in [1.165, 1.54) is 4.31 Å². The number of aryl methyl sites for hydroxylation is 2. The first-order valence-corrected chi connectivity index (χ1v) is 13.5. The molecule has 4 rings (SSSR count). The van der Waals surface area contributed by atoms with E-state index in [1.807, 2.05) is 35.7 Å². The number of sulfonamides is 1. The minimum atomic E-state index is -3.54. The number of hydrogen-bond acceptors (Lipinski definition) is 7. The second-order valence-corrected chi connectivity index (χ2v) is 10.8. The predicted molar refractivity (Wildman–Crippen MR) is 130 cm³/mol. The van der Waals surface area contributed by atoms with Crippen molar-refractivity contribution in [2.75, 3.05) is 44.2 Å². The number of piperazine rings is 1. The average molecular weight is 491 g/mol. The third-order valence-corrected chi connectivity index (χ3v) is 9.05. The molecule has 1 saturated heterocycles. The molecule has 0 bridgehead atoms. The standard InChI is InChI=1S/C22H30N6O3S2/c1-4-28(5-2)33(30,31)17-6-7-19-18(16-17)24-20(25(19)3)8-9-21(29)26-11-13-27(14-12-26)22-23-10-15-32-22/h6-7,10,15-16H,4-5,8-9,11-14H2,1-3H3. The molecular formula is C22H30N6O3S2. The summed E-state index contributed by atoms with van der Waals surface area (Å²) in [6.07, 6.45) is 2.68. The number of hydrogen-bond donors (Lipinski definition) is 0. The van der Waals surface area contributed by atoms with Gasteiger partial charge in [-0.1, -0.05) is 13.8 Å². The lowest BCUT2D eigenvalue weighted by atomic mass is 10.2. The van der Waals surface area contributed by atoms with Crippen molar-refractivity contribution in [2.24, 2.45) is 7.05 Å². The van der Waals surface area contributed by atoms with E-state index >= 15 is 0 Å². The van der Waals surface area contributed by atoms with Crippen LogP contribution >= 0.6 is 11.3 Å². The van der Waals surface area contributed by atoms with Crippen LogP contribution in [0.5, 0.6) is 0 Å². The minimum Gasteiger partial charge on any atom is -0.345 e. The van der Waals surface area contributed by atoms with Crippen LogP contribution in [0.2, 0.25) is 0 Å². The Kier molecular flexibility index (Phi) is 7.01. The van der Waals surface area contributed by atoms with Crippen molar-refractivity contribution in [3.05, 3.63) is 35.6 Å². The molecule has 9 nitrogen and oxygen atoms in total. The van der Waals surface area contributed by atoms with Crippen LogP contribution in [0.25, 0.3) is 11.0 Å². The molecule has 1 aliphatic rings. The first kappa shape index (κ1) is 23.7. The molecule has 0 N–H and O–H groups in total. The van der Waals surface area contributed by atoms with Crippen molar-refractivity contribution >= 4 is 43.4 Å². The molecule has 11 heteroatoms. The zero-order valence-electron chi connectivity index (χ0n) is 19.3. The van der Waals surface area contributed by atoms with Gasteiger partial charge < -0.3 is 14.4 Å². The number of amides is 1. The number of benzene rings is 1. The Hall–Kier alpha value is -2.50. The summed E-state index contributed by atoms with van der Waals surface area (Å²) in [6, 6.07) is 5.06. The zero-order valence-corrected chi connectivity index (χ0v) is 20.9. The molecule has 3 heterocycles. The molecule has 178 valence electrons. The number of nitrogens with zero attached hydrogens (tertiary/aromatic N) is 6. The Balaban J connectivity index is 1.42. The van der Waals surface area contributed by atoms with E-state index in [-0.39, 0.29) is 10.8 Å². The predicted octanol–water partition coefficient (Wildman–Crippen LogP) is 2.34. The Morgan fingerprint density at radius 2 is 1.88 bits per heavy atom. The summed E-state index contributed by atoms with van der Waals surface area (Å²) in [5.74, 6) is 0.891. The highest BCUT2D eigenvalue weighted by Crippen LogP contribution is 2.23. The molecule has 33 heavy (non-hydrogen) atoms. The van der Waals surface area contributed by atoms with Gasteiger partial charge in [0, 0.05) is 70.7 Å². The third kappa shape index (κ3) is 4.75. The summed E-state index contributed by atoms with van der Waals surface area (Å²) >= 11 is 1.62. The van der Waals surface area contributed by atoms with Crippen LogP contribution in [-0.4, -0.2) is 77.3 Å². The van der Waals surface area contributed by atoms with Gasteiger partial charge in [-0.2, -0.15) is 4.31 Å². The van der Waals surface area contributed by atoms with E-state index in [2.05, 4.69) is 14.9 Å². The number of carbonyl (C=O) groups excluding carboxylic acids is 1. The monoisotopic (exact) mass is 490 g/mol. The quantitative estimate of drug-likeness (QED) is 0.481. The van der Waals surface area contributed by atoms with Crippen LogP contribution < -0.4 is 4.90 Å². The highest BCUT2D eigenvalue weighted by molar-refractivity contribution is 7.89. The van der Waals surface area contributed by atoms with Crippen LogP contribution in [0, 0.1) is 0 Å². The van der Waals surface area contributed by atoms with Crippen LogP contribution in [0.15, 0.2) is 34.7 Å². The second kappa shape index (κ2) is 9.78. The van der Waals surface area contributed by atoms with E-state index < -0.39 is 10.0 Å². The summed E-state index contributed by atoms with van der Waals surface area (Å²) in [4.78, 5) is 26.2. The smallest absolute Gasteiger partial charge is 0.243 e. The molecule has 0 atom stereocenters. The molecular weight excluding hydrogens is 460 g/mol. The van der Waals surface area contributed by atoms with Crippen molar-refractivity contribution in [3.8, 4) is 0 Å². The number of imidazole rings is 1. The van der Waals surface area contributed by atoms with Crippen molar-refractivity contribution in [1.29, 1.82) is 0 Å². The fourth-order valence-corrected chi connectivity index (χ4v) is 6.40. The van der Waals surface area contributed by atoms with Gasteiger partial charge in [0.15, 0.2) is 5.13 Å². The molecule has 0 saturated carbocycles. The largest absolute Gasteiger partial charge is 0.345 e. The molecule has 1 aromatic carbocycles. The SMILES string of the molecule is CCN(CC)S(=O)(=O)c1ccc2c(c1)nc(CCC(=O)N1CCN(c3nccs3)CC1)n2C. The van der Waals surface area contributed by atoms with Gasteiger partial charge in [0.1, 0.15) is 5.82 Å². The molecule has 3 aromatic rings. The Morgan fingerprint density at radius 3 is 2.52 bits per heavy atom. The molecule has 1 amide bonds. The van der Waals surface area contributed by atoms with Gasteiger partial charge in [-0.15, -0.1) is 11.3 Å². The van der Waals surface area contributed by atoms with Crippen LogP contribution in [0.4, 0.5) is 5.13 Å². The fourth-order valence-electron chi connectivity index (χ4n) is 4.22. The third-order valence-electron chi connectivity index (χ3n) is 6.17. The Morgan fingerprint density at radius 1 is 1.15 bits per heavy atom. The van der Waals surface area contributed by atoms with Crippen LogP contribution in [-0.2, 0) is 28.3 Å². The number of aromatic nitrogens is 3. The molecule has 0 unspecified atom stereocenters. The first-order chi connectivity index (χ1) is 15.8. The van der Waals surface area contributed by atoms with Crippen LogP contribution in [0.1, 0.15) is 26.1 Å². The summed E-state index contributed by atoms with van der Waals surface area (Å²) in [7, 11) is -1.64. The lowest BCUT2D eigenvalue weighted by Crippen LogP contribution is -2.48. The maximum Gasteiger partial charge on any atom is 0.243 e. The zero-order chi connectivity index (χ0) is 23.6. The molecule has 2 aromatic heterocycles. The van der Waals surface area contributed by atoms with Gasteiger partial charge >= 0.3 is 0 Å². The topological polar surface area (TPSA) is 91.6 Å². The van der Waals surface area contributed by atoms with Gasteiger partial charge in [-0.05, 0) is 18.2 Å². The highest BCUT2D eigenvalue weighted by Gasteiger charge is 2.24. The van der Waals surface area contributed by atoms with Crippen molar-refractivity contribution < 1.29 is 13.2 Å². The molecule has 0 spiro atoms. The van der Waals surface area contributed by atoms with E-state index in [0.717, 1.165) is 29.6 Å². The summed E-state index contributed by atoms with van der Waals surface area (Å²) in [5.41, 5.74) is 1.48. The number of rotatable bonds is 8. The van der Waals surface area contributed by atoms with E-state index in [1.54, 1.807) is 35.7 Å². The van der Waals surface area contributed by atoms with Gasteiger partial charge in [0.2, 0.25) is 15.9 Å². The molecule has 1 aliphatic heterocycles.